The van der Waals surface area contributed by atoms with E-state index in [2.05, 4.69) is 63.8 Å². The molecule has 104 heavy (non-hydrogen) atoms. The molecule has 584 valence electrons. The molecule has 0 aliphatic carbocycles. The number of aliphatic carboxylic acids is 2. The number of hydrogen-bond acceptors (Lipinski definition) is 21. The van der Waals surface area contributed by atoms with Crippen LogP contribution in [0.1, 0.15) is 151 Å². The lowest BCUT2D eigenvalue weighted by Gasteiger charge is -2.29. The molecule has 0 aliphatic heterocycles. The van der Waals surface area contributed by atoms with Crippen LogP contribution in [0.4, 0.5) is 0 Å². The van der Waals surface area contributed by atoms with E-state index in [1.54, 1.807) is 41.5 Å². The van der Waals surface area contributed by atoms with Crippen molar-refractivity contribution in [3.63, 3.8) is 0 Å². The van der Waals surface area contributed by atoms with Gasteiger partial charge in [-0.1, -0.05) is 67.5 Å². The lowest BCUT2D eigenvalue weighted by atomic mass is 9.99. The van der Waals surface area contributed by atoms with Crippen LogP contribution in [-0.4, -0.2) is 213 Å². The van der Waals surface area contributed by atoms with Gasteiger partial charge in [-0.2, -0.15) is 11.8 Å². The predicted octanol–water partition coefficient (Wildman–Crippen LogP) is -4.63. The van der Waals surface area contributed by atoms with Gasteiger partial charge in [0.05, 0.1) is 25.4 Å². The molecule has 0 unspecified atom stereocenters. The molecular formula is C66H109N17O20S. The number of benzene rings is 1. The minimum absolute atomic E-state index is 0.0353. The number of amides is 15. The number of thioether (sulfide) groups is 1. The van der Waals surface area contributed by atoms with E-state index >= 15 is 0 Å². The first-order chi connectivity index (χ1) is 48.6. The van der Waals surface area contributed by atoms with E-state index in [1.165, 1.54) is 56.8 Å². The molecule has 0 heterocycles. The molecule has 12 atom stereocenters. The Balaban J connectivity index is 3.72. The van der Waals surface area contributed by atoms with Crippen LogP contribution in [0, 0.1) is 23.7 Å². The number of aromatic hydroxyl groups is 1. The van der Waals surface area contributed by atoms with Gasteiger partial charge in [-0.05, 0) is 125 Å². The monoisotopic (exact) mass is 1490 g/mol. The molecule has 0 aromatic heterocycles. The zero-order valence-electron chi connectivity index (χ0n) is 60.6. The number of carbonyl (C=O) groups is 17. The molecule has 38 heteroatoms. The summed E-state index contributed by atoms with van der Waals surface area (Å²) in [6, 6.07) is -13.3. The standard InChI is InChI=1S/C66H109N17O20S/c1-32(2)25-43(74-52(88)31-72-56(92)39(68)22-24-104-10)61(97)77-41(18-20-49(69)85)58(94)78-45(27-34(5)6)63(99)82-48(30-51(71)87)65(101)79-44(26-33(3)4)62(98)75-40(13-11-12-23-67)57(93)76-42(19-21-53(89)90)59(95)80-46(28-37-14-16-38(84)17-15-37)64(100)81-47(29-50(70)86)60(96)73-36(9)55(91)83-54(35(7)8)66(102)103/h14-17,32-36,39-48,54,84H,11-13,18-31,67-68H2,1-10H3,(H2,69,85)(H2,70,86)(H2,71,87)(H,72,92)(H,73,96)(H,74,88)(H,75,98)(H,76,93)(H,77,97)(H,78,94)(H,79,101)(H,80,95)(H,81,100)(H,82,99)(H,83,91)(H,89,90)(H,102,103)/t36-,39-,40-,41-,42-,43-,44-,45-,46-,47-,48-,54-/m0/s1. The number of rotatable bonds is 51. The minimum atomic E-state index is -1.86. The Morgan fingerprint density at radius 3 is 1.22 bits per heavy atom. The Hall–Kier alpha value is -9.72. The molecule has 25 N–H and O–H groups in total. The topological polar surface area (TPSA) is 625 Å². The molecule has 0 radical (unpaired) electrons. The average Bonchev–Trinajstić information content (AvgIpc) is 0.859. The number of hydrogen-bond donors (Lipinski definition) is 20. The van der Waals surface area contributed by atoms with E-state index in [4.69, 9.17) is 28.7 Å². The maximum atomic E-state index is 14.5. The van der Waals surface area contributed by atoms with Gasteiger partial charge in [-0.3, -0.25) is 76.7 Å². The first-order valence-electron chi connectivity index (χ1n) is 34.2. The fourth-order valence-corrected chi connectivity index (χ4v) is 10.6. The number of nitrogens with two attached hydrogens (primary N) is 5. The molecule has 0 spiro atoms. The average molecular weight is 1490 g/mol. The number of unbranched alkanes of at least 4 members (excludes halogenated alkanes) is 1. The highest BCUT2D eigenvalue weighted by Crippen LogP contribution is 2.16. The maximum absolute atomic E-state index is 14.5. The number of carboxylic acid groups (broad SMARTS) is 2. The molecular weight excluding hydrogens is 1380 g/mol. The quantitative estimate of drug-likeness (QED) is 0.0273. The van der Waals surface area contributed by atoms with Gasteiger partial charge in [0.1, 0.15) is 72.2 Å². The summed E-state index contributed by atoms with van der Waals surface area (Å²) in [5.74, 6) is -19.2. The highest BCUT2D eigenvalue weighted by Gasteiger charge is 2.38. The summed E-state index contributed by atoms with van der Waals surface area (Å²) in [6.07, 6.45) is -2.35. The van der Waals surface area contributed by atoms with Crippen LogP contribution in [0.25, 0.3) is 0 Å². The highest BCUT2D eigenvalue weighted by atomic mass is 32.2. The van der Waals surface area contributed by atoms with Crippen molar-refractivity contribution in [1.82, 2.24) is 63.8 Å². The van der Waals surface area contributed by atoms with Crippen LogP contribution in [0.15, 0.2) is 24.3 Å². The second-order valence-electron chi connectivity index (χ2n) is 26.8. The number of phenols is 1. The van der Waals surface area contributed by atoms with E-state index in [0.717, 1.165) is 0 Å². The Bertz CT molecular complexity index is 3120. The molecule has 1 aromatic carbocycles. The predicted molar refractivity (Wildman–Crippen MR) is 379 cm³/mol. The van der Waals surface area contributed by atoms with Gasteiger partial charge in [0.2, 0.25) is 88.6 Å². The van der Waals surface area contributed by atoms with Gasteiger partial charge in [-0.15, -0.1) is 0 Å². The third-order valence-electron chi connectivity index (χ3n) is 15.7. The number of carboxylic acids is 2. The zero-order chi connectivity index (χ0) is 79.2. The second kappa shape index (κ2) is 47.5. The maximum Gasteiger partial charge on any atom is 0.326 e. The van der Waals surface area contributed by atoms with E-state index in [1.807, 2.05) is 6.26 Å². The van der Waals surface area contributed by atoms with Crippen LogP contribution in [0.3, 0.4) is 0 Å². The smallest absolute Gasteiger partial charge is 0.326 e. The van der Waals surface area contributed by atoms with Crippen molar-refractivity contribution in [2.75, 3.05) is 25.1 Å². The molecule has 1 rings (SSSR count). The summed E-state index contributed by atoms with van der Waals surface area (Å²) >= 11 is 1.47. The summed E-state index contributed by atoms with van der Waals surface area (Å²) in [6.45, 7) is 14.0. The summed E-state index contributed by atoms with van der Waals surface area (Å²) < 4.78 is 0. The molecule has 0 aliphatic rings. The Morgan fingerprint density at radius 2 is 0.817 bits per heavy atom. The highest BCUT2D eigenvalue weighted by molar-refractivity contribution is 7.98. The third-order valence-corrected chi connectivity index (χ3v) is 16.3. The summed E-state index contributed by atoms with van der Waals surface area (Å²) in [4.78, 5) is 228. The Labute approximate surface area is 608 Å². The van der Waals surface area contributed by atoms with Crippen LogP contribution in [0.2, 0.25) is 0 Å². The number of phenolic OH excluding ortho intramolecular Hbond substituents is 1. The van der Waals surface area contributed by atoms with Crippen molar-refractivity contribution < 1.29 is 96.8 Å². The number of primary amides is 3. The fraction of sp³-hybridized carbons (Fsp3) is 0.652. The Morgan fingerprint density at radius 1 is 0.433 bits per heavy atom. The largest absolute Gasteiger partial charge is 0.508 e. The van der Waals surface area contributed by atoms with Crippen molar-refractivity contribution in [3.05, 3.63) is 29.8 Å². The Kier molecular flexibility index (Phi) is 42.2. The molecule has 0 bridgehead atoms. The van der Waals surface area contributed by atoms with E-state index in [0.29, 0.717) is 12.2 Å². The SMILES string of the molecule is CSCC[C@H](N)C(=O)NCC(=O)N[C@@H](CC(C)C)C(=O)N[C@@H](CCC(N)=O)C(=O)N[C@@H](CC(C)C)C(=O)N[C@@H](CC(N)=O)C(=O)N[C@@H](CC(C)C)C(=O)N[C@@H](CCCCN)C(=O)N[C@@H](CCC(=O)O)C(=O)N[C@@H](Cc1ccc(O)cc1)C(=O)N[C@@H](CC(N)=O)C(=O)N[C@@H](C)C(=O)N[C@H](C(=O)O)C(C)C. The van der Waals surface area contributed by atoms with Gasteiger partial charge < -0.3 is 108 Å². The third kappa shape index (κ3) is 36.9. The zero-order valence-corrected chi connectivity index (χ0v) is 61.5. The molecule has 37 nitrogen and oxygen atoms in total. The van der Waals surface area contributed by atoms with Gasteiger partial charge in [0.15, 0.2) is 0 Å². The van der Waals surface area contributed by atoms with Gasteiger partial charge in [-0.25, -0.2) is 4.79 Å². The van der Waals surface area contributed by atoms with Gasteiger partial charge >= 0.3 is 11.9 Å². The van der Waals surface area contributed by atoms with E-state index < -0.39 is 236 Å². The van der Waals surface area contributed by atoms with Crippen molar-refractivity contribution in [3.8, 4) is 5.75 Å². The minimum Gasteiger partial charge on any atom is -0.508 e. The molecule has 1 aromatic rings. The summed E-state index contributed by atoms with van der Waals surface area (Å²) in [5, 5.41) is 58.6. The first kappa shape index (κ1) is 92.3. The van der Waals surface area contributed by atoms with Crippen LogP contribution in [-0.2, 0) is 87.9 Å². The lowest BCUT2D eigenvalue weighted by Crippen LogP contribution is -2.61. The van der Waals surface area contributed by atoms with Gasteiger partial charge in [0, 0.05) is 19.3 Å². The normalized spacial score (nSPS) is 14.7. The van der Waals surface area contributed by atoms with Gasteiger partial charge in [0.25, 0.3) is 0 Å². The first-order valence-corrected chi connectivity index (χ1v) is 35.6. The van der Waals surface area contributed by atoms with Crippen LogP contribution < -0.4 is 92.5 Å². The van der Waals surface area contributed by atoms with E-state index in [9.17, 15) is 96.8 Å². The van der Waals surface area contributed by atoms with Crippen molar-refractivity contribution >= 4 is 112 Å². The lowest BCUT2D eigenvalue weighted by molar-refractivity contribution is -0.143. The van der Waals surface area contributed by atoms with Crippen LogP contribution in [0.5, 0.6) is 5.75 Å². The molecule has 0 saturated heterocycles. The second-order valence-corrected chi connectivity index (χ2v) is 27.8. The molecule has 0 fully saturated rings. The number of nitrogens with one attached hydrogen (secondary N) is 12. The molecule has 0 saturated carbocycles. The van der Waals surface area contributed by atoms with E-state index in [-0.39, 0.29) is 68.2 Å². The summed E-state index contributed by atoms with van der Waals surface area (Å²) in [5.41, 5.74) is 28.4. The van der Waals surface area contributed by atoms with Crippen LogP contribution >= 0.6 is 11.8 Å². The molecule has 15 amide bonds. The van der Waals surface area contributed by atoms with Crippen molar-refractivity contribution in [2.24, 2.45) is 52.3 Å². The fourth-order valence-electron chi connectivity index (χ4n) is 10.1. The summed E-state index contributed by atoms with van der Waals surface area (Å²) in [7, 11) is 0. The number of carbonyl (C=O) groups excluding carboxylic acids is 15. The van der Waals surface area contributed by atoms with Crippen molar-refractivity contribution in [1.29, 1.82) is 0 Å². The van der Waals surface area contributed by atoms with Crippen molar-refractivity contribution in [2.45, 2.75) is 225 Å².